The van der Waals surface area contributed by atoms with Crippen LogP contribution in [0.5, 0.6) is 0 Å². The first-order chi connectivity index (χ1) is 6.02. The number of nitrogens with zero attached hydrogens (tertiary/aromatic N) is 1. The van der Waals surface area contributed by atoms with Crippen LogP contribution < -0.4 is 16.1 Å². The van der Waals surface area contributed by atoms with Gasteiger partial charge in [0.2, 0.25) is 0 Å². The Hall–Kier alpha value is -1.20. The van der Waals surface area contributed by atoms with E-state index in [4.69, 9.17) is 15.8 Å². The van der Waals surface area contributed by atoms with Crippen LogP contribution in [0.15, 0.2) is 18.2 Å². The summed E-state index contributed by atoms with van der Waals surface area (Å²) in [5.74, 6) is 0. The molecular weight excluding hydrogens is 167 g/mol. The monoisotopic (exact) mass is 180 g/mol. The van der Waals surface area contributed by atoms with Gasteiger partial charge in [0.05, 0.1) is 0 Å². The molecule has 0 aliphatic heterocycles. The maximum atomic E-state index is 9.03. The number of nitrogens with two attached hydrogens (primary N) is 1. The standard InChI is InChI=1S/C8H13BN2O2/c1-11(2)8-5-6(10)3-4-7(8)9(12)13/h3-5,12-13H,10H2,1-2H3. The Labute approximate surface area is 77.7 Å². The van der Waals surface area contributed by atoms with Crippen molar-refractivity contribution in [3.05, 3.63) is 18.2 Å². The van der Waals surface area contributed by atoms with E-state index in [1.807, 2.05) is 14.1 Å². The van der Waals surface area contributed by atoms with Gasteiger partial charge in [-0.1, -0.05) is 6.07 Å². The Balaban J connectivity index is 3.19. The average molecular weight is 180 g/mol. The summed E-state index contributed by atoms with van der Waals surface area (Å²) in [6, 6.07) is 4.95. The highest BCUT2D eigenvalue weighted by atomic mass is 16.4. The van der Waals surface area contributed by atoms with Gasteiger partial charge in [-0.2, -0.15) is 0 Å². The quantitative estimate of drug-likeness (QED) is 0.404. The summed E-state index contributed by atoms with van der Waals surface area (Å²) in [6.45, 7) is 0. The molecule has 0 aromatic heterocycles. The molecule has 5 heteroatoms. The molecule has 0 atom stereocenters. The molecule has 1 aromatic carbocycles. The van der Waals surface area contributed by atoms with Gasteiger partial charge in [0, 0.05) is 30.9 Å². The van der Waals surface area contributed by atoms with E-state index in [1.54, 1.807) is 23.1 Å². The van der Waals surface area contributed by atoms with E-state index < -0.39 is 7.12 Å². The first-order valence-corrected chi connectivity index (χ1v) is 3.95. The summed E-state index contributed by atoms with van der Waals surface area (Å²) < 4.78 is 0. The molecule has 4 nitrogen and oxygen atoms in total. The third-order valence-electron chi connectivity index (χ3n) is 1.81. The number of hydrogen-bond donors (Lipinski definition) is 3. The highest BCUT2D eigenvalue weighted by molar-refractivity contribution is 6.60. The van der Waals surface area contributed by atoms with Gasteiger partial charge in [0.25, 0.3) is 0 Å². The van der Waals surface area contributed by atoms with Gasteiger partial charge >= 0.3 is 7.12 Å². The Morgan fingerprint density at radius 2 is 1.92 bits per heavy atom. The summed E-state index contributed by atoms with van der Waals surface area (Å²) in [7, 11) is 2.18. The minimum Gasteiger partial charge on any atom is -0.423 e. The number of nitrogen functional groups attached to an aromatic ring is 1. The van der Waals surface area contributed by atoms with Crippen molar-refractivity contribution in [2.24, 2.45) is 0 Å². The molecule has 0 fully saturated rings. The predicted molar refractivity (Wildman–Crippen MR) is 55.0 cm³/mol. The summed E-state index contributed by atoms with van der Waals surface area (Å²) in [6.07, 6.45) is 0. The van der Waals surface area contributed by atoms with Crippen LogP contribution in [-0.2, 0) is 0 Å². The maximum Gasteiger partial charge on any atom is 0.490 e. The molecule has 0 aliphatic carbocycles. The Morgan fingerprint density at radius 3 is 2.38 bits per heavy atom. The summed E-state index contributed by atoms with van der Waals surface area (Å²) in [4.78, 5) is 1.78. The summed E-state index contributed by atoms with van der Waals surface area (Å²) >= 11 is 0. The summed E-state index contributed by atoms with van der Waals surface area (Å²) in [5.41, 5.74) is 7.36. The van der Waals surface area contributed by atoms with E-state index in [-0.39, 0.29) is 0 Å². The molecule has 0 spiro atoms. The molecule has 4 N–H and O–H groups in total. The highest BCUT2D eigenvalue weighted by Gasteiger charge is 2.16. The number of anilines is 2. The normalized spacial score (nSPS) is 9.85. The molecule has 13 heavy (non-hydrogen) atoms. The van der Waals surface area contributed by atoms with Crippen molar-refractivity contribution in [2.45, 2.75) is 0 Å². The van der Waals surface area contributed by atoms with Gasteiger partial charge in [0.15, 0.2) is 0 Å². The second kappa shape index (κ2) is 3.68. The number of rotatable bonds is 2. The van der Waals surface area contributed by atoms with E-state index in [2.05, 4.69) is 0 Å². The molecule has 0 saturated heterocycles. The lowest BCUT2D eigenvalue weighted by Gasteiger charge is -2.17. The zero-order valence-corrected chi connectivity index (χ0v) is 7.73. The maximum absolute atomic E-state index is 9.03. The molecule has 0 saturated carbocycles. The minimum absolute atomic E-state index is 0.458. The Morgan fingerprint density at radius 1 is 1.31 bits per heavy atom. The number of benzene rings is 1. The van der Waals surface area contributed by atoms with Crippen molar-refractivity contribution < 1.29 is 10.0 Å². The van der Waals surface area contributed by atoms with Gasteiger partial charge in [-0.25, -0.2) is 0 Å². The lowest BCUT2D eigenvalue weighted by molar-refractivity contribution is 0.426. The largest absolute Gasteiger partial charge is 0.490 e. The van der Waals surface area contributed by atoms with E-state index >= 15 is 0 Å². The molecule has 70 valence electrons. The molecular formula is C8H13BN2O2. The van der Waals surface area contributed by atoms with Gasteiger partial charge in [-0.15, -0.1) is 0 Å². The van der Waals surface area contributed by atoms with Gasteiger partial charge in [-0.3, -0.25) is 0 Å². The zero-order valence-electron chi connectivity index (χ0n) is 7.73. The second-order valence-electron chi connectivity index (χ2n) is 3.09. The highest BCUT2D eigenvalue weighted by Crippen LogP contribution is 2.12. The van der Waals surface area contributed by atoms with Crippen LogP contribution in [-0.4, -0.2) is 31.3 Å². The van der Waals surface area contributed by atoms with Crippen LogP contribution in [0.2, 0.25) is 0 Å². The topological polar surface area (TPSA) is 69.7 Å². The molecule has 0 heterocycles. The molecule has 0 radical (unpaired) electrons. The van der Waals surface area contributed by atoms with E-state index in [0.717, 1.165) is 5.69 Å². The predicted octanol–water partition coefficient (Wildman–Crippen LogP) is -0.985. The first kappa shape index (κ1) is 9.89. The molecule has 0 amide bonds. The minimum atomic E-state index is -1.46. The lowest BCUT2D eigenvalue weighted by atomic mass is 9.78. The second-order valence-corrected chi connectivity index (χ2v) is 3.09. The van der Waals surface area contributed by atoms with Crippen molar-refractivity contribution in [2.75, 3.05) is 24.7 Å². The third kappa shape index (κ3) is 2.14. The van der Waals surface area contributed by atoms with Crippen LogP contribution in [0.25, 0.3) is 0 Å². The van der Waals surface area contributed by atoms with Crippen LogP contribution in [0, 0.1) is 0 Å². The van der Waals surface area contributed by atoms with Crippen LogP contribution >= 0.6 is 0 Å². The SMILES string of the molecule is CN(C)c1cc(N)ccc1B(O)O. The van der Waals surface area contributed by atoms with Crippen molar-refractivity contribution >= 4 is 24.0 Å². The van der Waals surface area contributed by atoms with Crippen molar-refractivity contribution in [1.82, 2.24) is 0 Å². The fourth-order valence-corrected chi connectivity index (χ4v) is 1.17. The van der Waals surface area contributed by atoms with Crippen LogP contribution in [0.4, 0.5) is 11.4 Å². The van der Waals surface area contributed by atoms with Crippen LogP contribution in [0.3, 0.4) is 0 Å². The summed E-state index contributed by atoms with van der Waals surface area (Å²) in [5, 5.41) is 18.1. The molecule has 0 aliphatic rings. The van der Waals surface area contributed by atoms with Gasteiger partial charge in [0.1, 0.15) is 0 Å². The Bertz CT molecular complexity index is 302. The van der Waals surface area contributed by atoms with Gasteiger partial charge < -0.3 is 20.7 Å². The van der Waals surface area contributed by atoms with Crippen molar-refractivity contribution in [3.63, 3.8) is 0 Å². The van der Waals surface area contributed by atoms with Crippen molar-refractivity contribution in [1.29, 1.82) is 0 Å². The Kier molecular flexibility index (Phi) is 2.80. The van der Waals surface area contributed by atoms with E-state index in [9.17, 15) is 0 Å². The van der Waals surface area contributed by atoms with E-state index in [1.165, 1.54) is 0 Å². The van der Waals surface area contributed by atoms with Gasteiger partial charge in [-0.05, 0) is 12.1 Å². The number of hydrogen-bond acceptors (Lipinski definition) is 4. The fourth-order valence-electron chi connectivity index (χ4n) is 1.17. The van der Waals surface area contributed by atoms with E-state index in [0.29, 0.717) is 11.2 Å². The lowest BCUT2D eigenvalue weighted by Crippen LogP contribution is -2.34. The average Bonchev–Trinajstić information content (AvgIpc) is 2.03. The van der Waals surface area contributed by atoms with Crippen LogP contribution in [0.1, 0.15) is 0 Å². The molecule has 0 bridgehead atoms. The molecule has 0 unspecified atom stereocenters. The molecule has 1 rings (SSSR count). The zero-order chi connectivity index (χ0) is 10.0. The fraction of sp³-hybridized carbons (Fsp3) is 0.250. The molecule has 1 aromatic rings. The first-order valence-electron chi connectivity index (χ1n) is 3.95. The third-order valence-corrected chi connectivity index (χ3v) is 1.81. The van der Waals surface area contributed by atoms with Crippen molar-refractivity contribution in [3.8, 4) is 0 Å². The smallest absolute Gasteiger partial charge is 0.423 e.